The molecule has 22 heavy (non-hydrogen) atoms. The zero-order chi connectivity index (χ0) is 15.7. The molecule has 5 nitrogen and oxygen atoms in total. The van der Waals surface area contributed by atoms with Crippen molar-refractivity contribution in [2.45, 2.75) is 25.2 Å². The Bertz CT molecular complexity index is 695. The zero-order valence-corrected chi connectivity index (χ0v) is 12.8. The molecule has 1 aromatic heterocycles. The van der Waals surface area contributed by atoms with E-state index >= 15 is 0 Å². The number of aromatic nitrogens is 2. The first-order valence-corrected chi connectivity index (χ1v) is 7.27. The molecule has 3 rings (SSSR count). The molecule has 0 bridgehead atoms. The lowest BCUT2D eigenvalue weighted by atomic mass is 9.94. The van der Waals surface area contributed by atoms with Gasteiger partial charge in [-0.05, 0) is 37.5 Å². The van der Waals surface area contributed by atoms with E-state index in [1.807, 2.05) is 25.1 Å². The number of ether oxygens (including phenoxy) is 1. The fraction of sp³-hybridized carbons (Fsp3) is 0.294. The average Bonchev–Trinajstić information content (AvgIpc) is 3.27. The fourth-order valence-electron chi connectivity index (χ4n) is 2.68. The van der Waals surface area contributed by atoms with Crippen LogP contribution in [0.15, 0.2) is 30.3 Å². The summed E-state index contributed by atoms with van der Waals surface area (Å²) >= 11 is 0. The number of rotatable bonds is 4. The molecular formula is C17H20N4O. The monoisotopic (exact) mass is 296 g/mol. The maximum Gasteiger partial charge on any atom is 0.222 e. The zero-order valence-electron chi connectivity index (χ0n) is 12.8. The van der Waals surface area contributed by atoms with Crippen molar-refractivity contribution in [1.29, 1.82) is 0 Å². The van der Waals surface area contributed by atoms with Gasteiger partial charge in [-0.15, -0.1) is 0 Å². The first kappa shape index (κ1) is 14.4. The van der Waals surface area contributed by atoms with Crippen LogP contribution in [0.25, 0.3) is 6.08 Å². The van der Waals surface area contributed by atoms with Crippen LogP contribution >= 0.6 is 0 Å². The largest absolute Gasteiger partial charge is 0.497 e. The predicted octanol–water partition coefficient (Wildman–Crippen LogP) is 2.70. The summed E-state index contributed by atoms with van der Waals surface area (Å²) in [5.74, 6) is 1.51. The molecule has 4 N–H and O–H groups in total. The van der Waals surface area contributed by atoms with Crippen molar-refractivity contribution in [2.24, 2.45) is 0 Å². The number of methoxy groups -OCH3 is 1. The molecule has 1 fully saturated rings. The number of anilines is 2. The summed E-state index contributed by atoms with van der Waals surface area (Å²) in [6.45, 7) is 1.89. The summed E-state index contributed by atoms with van der Waals surface area (Å²) in [5.41, 5.74) is 14.6. The Morgan fingerprint density at radius 1 is 1.14 bits per heavy atom. The number of nitrogen functional groups attached to an aromatic ring is 2. The number of nitrogens with zero attached hydrogens (tertiary/aromatic N) is 2. The molecule has 5 heteroatoms. The minimum absolute atomic E-state index is 0.0898. The van der Waals surface area contributed by atoms with Gasteiger partial charge in [-0.2, -0.15) is 4.98 Å². The molecule has 1 aliphatic carbocycles. The van der Waals surface area contributed by atoms with Gasteiger partial charge < -0.3 is 16.2 Å². The second-order valence-electron chi connectivity index (χ2n) is 5.68. The van der Waals surface area contributed by atoms with Crippen molar-refractivity contribution in [2.75, 3.05) is 18.6 Å². The second-order valence-corrected chi connectivity index (χ2v) is 5.68. The third-order valence-corrected chi connectivity index (χ3v) is 4.21. The standard InChI is InChI=1S/C17H20N4O/c1-11-14(15(18)21-16(19)20-11)7-8-17(9-10-17)12-3-5-13(22-2)6-4-12/h3-8H,9-10H2,1-2H3,(H4,18,19,20,21)/b8-7+. The summed E-state index contributed by atoms with van der Waals surface area (Å²) in [7, 11) is 1.68. The lowest BCUT2D eigenvalue weighted by molar-refractivity contribution is 0.414. The Morgan fingerprint density at radius 3 is 2.36 bits per heavy atom. The third kappa shape index (κ3) is 2.62. The van der Waals surface area contributed by atoms with E-state index in [4.69, 9.17) is 16.2 Å². The quantitative estimate of drug-likeness (QED) is 0.905. The number of nitrogens with two attached hydrogens (primary N) is 2. The minimum atomic E-state index is 0.0898. The van der Waals surface area contributed by atoms with Crippen molar-refractivity contribution >= 4 is 17.8 Å². The lowest BCUT2D eigenvalue weighted by Gasteiger charge is -2.12. The van der Waals surface area contributed by atoms with E-state index < -0.39 is 0 Å². The number of allylic oxidation sites excluding steroid dienone is 1. The SMILES string of the molecule is COc1ccc(C2(/C=C/c3c(C)nc(N)nc3N)CC2)cc1. The van der Waals surface area contributed by atoms with Gasteiger partial charge in [-0.25, -0.2) is 4.98 Å². The van der Waals surface area contributed by atoms with Gasteiger partial charge in [0.05, 0.1) is 12.8 Å². The second kappa shape index (κ2) is 5.33. The summed E-state index contributed by atoms with van der Waals surface area (Å²) in [6.07, 6.45) is 6.48. The van der Waals surface area contributed by atoms with Gasteiger partial charge in [0.2, 0.25) is 5.95 Å². The highest BCUT2D eigenvalue weighted by molar-refractivity contribution is 5.66. The van der Waals surface area contributed by atoms with Crippen LogP contribution in [0.1, 0.15) is 29.7 Å². The van der Waals surface area contributed by atoms with Gasteiger partial charge in [0.1, 0.15) is 11.6 Å². The molecule has 0 atom stereocenters. The van der Waals surface area contributed by atoms with E-state index in [9.17, 15) is 0 Å². The Balaban J connectivity index is 1.88. The van der Waals surface area contributed by atoms with Crippen LogP contribution in [-0.2, 0) is 5.41 Å². The van der Waals surface area contributed by atoms with Crippen molar-refractivity contribution in [3.63, 3.8) is 0 Å². The van der Waals surface area contributed by atoms with Gasteiger partial charge in [-0.1, -0.05) is 24.3 Å². The maximum absolute atomic E-state index is 5.95. The lowest BCUT2D eigenvalue weighted by Crippen LogP contribution is -2.05. The smallest absolute Gasteiger partial charge is 0.222 e. The van der Waals surface area contributed by atoms with Gasteiger partial charge in [0.15, 0.2) is 0 Å². The Hall–Kier alpha value is -2.56. The van der Waals surface area contributed by atoms with Gasteiger partial charge in [0, 0.05) is 11.0 Å². The van der Waals surface area contributed by atoms with E-state index in [0.717, 1.165) is 29.8 Å². The van der Waals surface area contributed by atoms with Crippen molar-refractivity contribution in [3.05, 3.63) is 47.2 Å². The molecule has 0 spiro atoms. The molecule has 0 unspecified atom stereocenters. The van der Waals surface area contributed by atoms with Crippen molar-refractivity contribution in [1.82, 2.24) is 9.97 Å². The molecule has 114 valence electrons. The number of hydrogen-bond acceptors (Lipinski definition) is 5. The molecular weight excluding hydrogens is 276 g/mol. The van der Waals surface area contributed by atoms with E-state index in [-0.39, 0.29) is 11.4 Å². The van der Waals surface area contributed by atoms with Crippen LogP contribution in [0.2, 0.25) is 0 Å². The van der Waals surface area contributed by atoms with E-state index in [1.54, 1.807) is 7.11 Å². The summed E-state index contributed by atoms with van der Waals surface area (Å²) in [6, 6.07) is 8.22. The van der Waals surface area contributed by atoms with Gasteiger partial charge in [-0.3, -0.25) is 0 Å². The van der Waals surface area contributed by atoms with Crippen LogP contribution in [0, 0.1) is 6.92 Å². The Labute approximate surface area is 130 Å². The van der Waals surface area contributed by atoms with Crippen molar-refractivity contribution < 1.29 is 4.74 Å². The molecule has 1 saturated carbocycles. The van der Waals surface area contributed by atoms with Crippen LogP contribution < -0.4 is 16.2 Å². The van der Waals surface area contributed by atoms with Crippen molar-refractivity contribution in [3.8, 4) is 5.75 Å². The van der Waals surface area contributed by atoms with E-state index in [0.29, 0.717) is 5.82 Å². The number of benzene rings is 1. The van der Waals surface area contributed by atoms with Gasteiger partial charge >= 0.3 is 0 Å². The Morgan fingerprint density at radius 2 is 1.82 bits per heavy atom. The highest BCUT2D eigenvalue weighted by atomic mass is 16.5. The van der Waals surface area contributed by atoms with Crippen LogP contribution in [0.4, 0.5) is 11.8 Å². The topological polar surface area (TPSA) is 87.0 Å². The summed E-state index contributed by atoms with van der Waals surface area (Å²) < 4.78 is 5.21. The maximum atomic E-state index is 5.95. The number of aryl methyl sites for hydroxylation is 1. The molecule has 1 heterocycles. The summed E-state index contributed by atoms with van der Waals surface area (Å²) in [4.78, 5) is 8.20. The van der Waals surface area contributed by atoms with Crippen LogP contribution in [-0.4, -0.2) is 17.1 Å². The average molecular weight is 296 g/mol. The molecule has 0 radical (unpaired) electrons. The Kier molecular flexibility index (Phi) is 3.48. The predicted molar refractivity (Wildman–Crippen MR) is 88.5 cm³/mol. The van der Waals surface area contributed by atoms with Crippen LogP contribution in [0.3, 0.4) is 0 Å². The van der Waals surface area contributed by atoms with Crippen LogP contribution in [0.5, 0.6) is 5.75 Å². The normalized spacial score (nSPS) is 15.9. The molecule has 0 amide bonds. The molecule has 2 aromatic rings. The third-order valence-electron chi connectivity index (χ3n) is 4.21. The van der Waals surface area contributed by atoms with E-state index in [2.05, 4.69) is 28.2 Å². The molecule has 1 aromatic carbocycles. The highest BCUT2D eigenvalue weighted by Gasteiger charge is 2.41. The number of hydrogen-bond donors (Lipinski definition) is 2. The van der Waals surface area contributed by atoms with E-state index in [1.165, 1.54) is 5.56 Å². The minimum Gasteiger partial charge on any atom is -0.497 e. The van der Waals surface area contributed by atoms with Gasteiger partial charge in [0.25, 0.3) is 0 Å². The first-order chi connectivity index (χ1) is 10.5. The molecule has 1 aliphatic rings. The molecule has 0 aliphatic heterocycles. The summed E-state index contributed by atoms with van der Waals surface area (Å²) in [5, 5.41) is 0. The fourth-order valence-corrected chi connectivity index (χ4v) is 2.68. The molecule has 0 saturated heterocycles. The first-order valence-electron chi connectivity index (χ1n) is 7.27. The highest BCUT2D eigenvalue weighted by Crippen LogP contribution is 2.50.